The molecule has 0 aromatic carbocycles. The third kappa shape index (κ3) is 2.72. The third-order valence-electron chi connectivity index (χ3n) is 2.45. The summed E-state index contributed by atoms with van der Waals surface area (Å²) in [4.78, 5) is 25.7. The second-order valence-corrected chi connectivity index (χ2v) is 4.58. The summed E-state index contributed by atoms with van der Waals surface area (Å²) in [6.45, 7) is 0. The monoisotopic (exact) mass is 279 g/mol. The van der Waals surface area contributed by atoms with Gasteiger partial charge in [0.15, 0.2) is 4.88 Å². The summed E-state index contributed by atoms with van der Waals surface area (Å²) in [6, 6.07) is 3.69. The number of amides is 1. The second kappa shape index (κ2) is 5.77. The maximum Gasteiger partial charge on any atom is 0.292 e. The summed E-state index contributed by atoms with van der Waals surface area (Å²) in [5, 5.41) is 1.81. The largest absolute Gasteiger partial charge is 0.480 e. The van der Waals surface area contributed by atoms with Gasteiger partial charge >= 0.3 is 0 Å². The number of hydrogen-bond acceptors (Lipinski definition) is 6. The topological polar surface area (TPSA) is 64.6 Å². The predicted molar refractivity (Wildman–Crippen MR) is 71.0 cm³/mol. The van der Waals surface area contributed by atoms with Gasteiger partial charge in [-0.3, -0.25) is 14.6 Å². The molecule has 0 atom stereocenters. The molecule has 19 heavy (non-hydrogen) atoms. The maximum absolute atomic E-state index is 12.1. The van der Waals surface area contributed by atoms with Crippen molar-refractivity contribution in [1.82, 2.24) is 15.0 Å². The molecule has 2 aromatic rings. The number of pyridine rings is 1. The summed E-state index contributed by atoms with van der Waals surface area (Å²) in [7, 11) is 4.43. The molecule has 0 aliphatic heterocycles. The highest BCUT2D eigenvalue weighted by atomic mass is 32.1. The minimum Gasteiger partial charge on any atom is -0.480 e. The molecule has 0 N–H and O–H groups in total. The molecule has 0 aliphatic rings. The van der Waals surface area contributed by atoms with E-state index in [1.165, 1.54) is 32.6 Å². The van der Waals surface area contributed by atoms with E-state index < -0.39 is 0 Å². The highest BCUT2D eigenvalue weighted by Gasteiger charge is 2.22. The Balaban J connectivity index is 2.41. The average Bonchev–Trinajstić information content (AvgIpc) is 2.90. The standard InChI is InChI=1S/C12H13N3O3S/c1-15(18-3)12(16)9-10(17-2)14-11(19-9)8-5-4-6-13-7-8/h4-7H,1-3H3. The van der Waals surface area contributed by atoms with Crippen LogP contribution >= 0.6 is 11.3 Å². The van der Waals surface area contributed by atoms with Gasteiger partial charge in [0, 0.05) is 25.0 Å². The highest BCUT2D eigenvalue weighted by molar-refractivity contribution is 7.17. The van der Waals surface area contributed by atoms with Gasteiger partial charge in [-0.1, -0.05) is 0 Å². The normalized spacial score (nSPS) is 10.3. The van der Waals surface area contributed by atoms with Gasteiger partial charge < -0.3 is 4.74 Å². The molecule has 2 aromatic heterocycles. The quantitative estimate of drug-likeness (QED) is 0.799. The lowest BCUT2D eigenvalue weighted by Gasteiger charge is -2.12. The fourth-order valence-electron chi connectivity index (χ4n) is 1.42. The van der Waals surface area contributed by atoms with Crippen LogP contribution in [0.4, 0.5) is 0 Å². The van der Waals surface area contributed by atoms with Crippen LogP contribution in [-0.2, 0) is 4.84 Å². The number of carbonyl (C=O) groups is 1. The van der Waals surface area contributed by atoms with Crippen LogP contribution in [-0.4, -0.2) is 42.2 Å². The van der Waals surface area contributed by atoms with Crippen molar-refractivity contribution in [2.75, 3.05) is 21.3 Å². The first kappa shape index (κ1) is 13.4. The van der Waals surface area contributed by atoms with Crippen molar-refractivity contribution in [3.8, 4) is 16.5 Å². The van der Waals surface area contributed by atoms with Gasteiger partial charge in [-0.15, -0.1) is 11.3 Å². The van der Waals surface area contributed by atoms with Gasteiger partial charge in [-0.2, -0.15) is 0 Å². The predicted octanol–water partition coefficient (Wildman–Crippen LogP) is 1.85. The average molecular weight is 279 g/mol. The lowest BCUT2D eigenvalue weighted by molar-refractivity contribution is -0.0755. The van der Waals surface area contributed by atoms with E-state index in [1.807, 2.05) is 12.1 Å². The minimum atomic E-state index is -0.299. The summed E-state index contributed by atoms with van der Waals surface area (Å²) >= 11 is 1.24. The molecule has 0 unspecified atom stereocenters. The molecule has 0 saturated carbocycles. The van der Waals surface area contributed by atoms with Crippen LogP contribution in [0.25, 0.3) is 10.6 Å². The van der Waals surface area contributed by atoms with Crippen molar-refractivity contribution in [3.63, 3.8) is 0 Å². The smallest absolute Gasteiger partial charge is 0.292 e. The Morgan fingerprint density at radius 3 is 2.79 bits per heavy atom. The number of hydroxylamine groups is 2. The van der Waals surface area contributed by atoms with Crippen molar-refractivity contribution >= 4 is 17.2 Å². The first-order chi connectivity index (χ1) is 9.17. The Bertz CT molecular complexity index is 571. The van der Waals surface area contributed by atoms with E-state index in [9.17, 15) is 4.79 Å². The number of carbonyl (C=O) groups excluding carboxylic acids is 1. The molecule has 2 heterocycles. The van der Waals surface area contributed by atoms with E-state index in [0.29, 0.717) is 9.88 Å². The van der Waals surface area contributed by atoms with Gasteiger partial charge in [0.25, 0.3) is 5.91 Å². The Labute approximate surface area is 114 Å². The van der Waals surface area contributed by atoms with Crippen LogP contribution in [0.1, 0.15) is 9.67 Å². The zero-order valence-electron chi connectivity index (χ0n) is 10.8. The van der Waals surface area contributed by atoms with Crippen LogP contribution in [0.3, 0.4) is 0 Å². The molecular weight excluding hydrogens is 266 g/mol. The maximum atomic E-state index is 12.1. The zero-order chi connectivity index (χ0) is 13.8. The summed E-state index contributed by atoms with van der Waals surface area (Å²) in [5.74, 6) is -0.00950. The first-order valence-corrected chi connectivity index (χ1v) is 6.26. The number of rotatable bonds is 4. The minimum absolute atomic E-state index is 0.290. The number of aromatic nitrogens is 2. The molecule has 2 rings (SSSR count). The van der Waals surface area contributed by atoms with E-state index in [4.69, 9.17) is 9.57 Å². The zero-order valence-corrected chi connectivity index (χ0v) is 11.6. The lowest BCUT2D eigenvalue weighted by Crippen LogP contribution is -2.24. The van der Waals surface area contributed by atoms with Crippen LogP contribution < -0.4 is 4.74 Å². The molecule has 1 amide bonds. The number of thiazole rings is 1. The lowest BCUT2D eigenvalue weighted by atomic mass is 10.3. The third-order valence-corrected chi connectivity index (χ3v) is 3.53. The van der Waals surface area contributed by atoms with Crippen LogP contribution in [0.2, 0.25) is 0 Å². The van der Waals surface area contributed by atoms with Crippen molar-refractivity contribution < 1.29 is 14.4 Å². The van der Waals surface area contributed by atoms with Gasteiger partial charge in [-0.25, -0.2) is 10.0 Å². The molecule has 0 spiro atoms. The second-order valence-electron chi connectivity index (χ2n) is 3.58. The highest BCUT2D eigenvalue weighted by Crippen LogP contribution is 2.32. The van der Waals surface area contributed by atoms with Gasteiger partial charge in [0.2, 0.25) is 5.88 Å². The van der Waals surface area contributed by atoms with E-state index in [2.05, 4.69) is 9.97 Å². The van der Waals surface area contributed by atoms with Crippen molar-refractivity contribution in [2.24, 2.45) is 0 Å². The van der Waals surface area contributed by atoms with Crippen molar-refractivity contribution in [1.29, 1.82) is 0 Å². The van der Waals surface area contributed by atoms with Crippen LogP contribution in [0, 0.1) is 0 Å². The Kier molecular flexibility index (Phi) is 4.08. The molecule has 7 heteroatoms. The van der Waals surface area contributed by atoms with Crippen molar-refractivity contribution in [3.05, 3.63) is 29.4 Å². The first-order valence-electron chi connectivity index (χ1n) is 5.44. The molecule has 0 bridgehead atoms. The van der Waals surface area contributed by atoms with Gasteiger partial charge in [0.1, 0.15) is 5.01 Å². The van der Waals surface area contributed by atoms with Gasteiger partial charge in [0.05, 0.1) is 14.2 Å². The number of nitrogens with zero attached hydrogens (tertiary/aromatic N) is 3. The molecule has 100 valence electrons. The van der Waals surface area contributed by atoms with E-state index >= 15 is 0 Å². The van der Waals surface area contributed by atoms with E-state index in [0.717, 1.165) is 10.6 Å². The van der Waals surface area contributed by atoms with Crippen LogP contribution in [0.5, 0.6) is 5.88 Å². The van der Waals surface area contributed by atoms with Gasteiger partial charge in [-0.05, 0) is 12.1 Å². The van der Waals surface area contributed by atoms with Crippen LogP contribution in [0.15, 0.2) is 24.5 Å². The summed E-state index contributed by atoms with van der Waals surface area (Å²) in [5.41, 5.74) is 0.838. The number of methoxy groups -OCH3 is 1. The number of hydrogen-bond donors (Lipinski definition) is 0. The molecule has 6 nitrogen and oxygen atoms in total. The molecular formula is C12H13N3O3S. The van der Waals surface area contributed by atoms with Crippen molar-refractivity contribution in [2.45, 2.75) is 0 Å². The fraction of sp³-hybridized carbons (Fsp3) is 0.250. The Morgan fingerprint density at radius 2 is 2.21 bits per heavy atom. The molecule has 0 fully saturated rings. The summed E-state index contributed by atoms with van der Waals surface area (Å²) in [6.07, 6.45) is 3.37. The molecule has 0 radical (unpaired) electrons. The molecule has 0 saturated heterocycles. The summed E-state index contributed by atoms with van der Waals surface area (Å²) < 4.78 is 5.14. The Morgan fingerprint density at radius 1 is 1.42 bits per heavy atom. The van der Waals surface area contributed by atoms with E-state index in [-0.39, 0.29) is 11.8 Å². The fourth-order valence-corrected chi connectivity index (χ4v) is 2.41. The Hall–Kier alpha value is -1.99. The SMILES string of the molecule is COc1nc(-c2cccnc2)sc1C(=O)N(C)OC. The van der Waals surface area contributed by atoms with E-state index in [1.54, 1.807) is 12.4 Å². The molecule has 0 aliphatic carbocycles. The number of ether oxygens (including phenoxy) is 1.